The number of alkyl halides is 3. The van der Waals surface area contributed by atoms with Crippen molar-refractivity contribution in [2.75, 3.05) is 19.7 Å². The minimum Gasteiger partial charge on any atom is -0.445 e. The summed E-state index contributed by atoms with van der Waals surface area (Å²) >= 11 is 0. The number of allylic oxidation sites excluding steroid dienone is 1. The molecule has 1 saturated heterocycles. The Hall–Kier alpha value is -2.27. The van der Waals surface area contributed by atoms with Crippen molar-refractivity contribution in [1.82, 2.24) is 4.90 Å². The Morgan fingerprint density at radius 2 is 1.78 bits per heavy atom. The minimum atomic E-state index is -5.63. The molecule has 0 bridgehead atoms. The molecule has 0 spiro atoms. The van der Waals surface area contributed by atoms with E-state index in [1.54, 1.807) is 4.90 Å². The molecule has 1 aromatic rings. The molecule has 11 heteroatoms. The number of halogens is 3. The van der Waals surface area contributed by atoms with Crippen molar-refractivity contribution >= 4 is 16.2 Å². The third-order valence-corrected chi connectivity index (χ3v) is 6.47. The maximum Gasteiger partial charge on any atom is 0.534 e. The smallest absolute Gasteiger partial charge is 0.445 e. The van der Waals surface area contributed by atoms with Gasteiger partial charge >= 0.3 is 21.7 Å². The van der Waals surface area contributed by atoms with Crippen LogP contribution in [0.25, 0.3) is 0 Å². The number of carbonyl (C=O) groups excluding carboxylic acids is 1. The van der Waals surface area contributed by atoms with Gasteiger partial charge in [-0.2, -0.15) is 21.6 Å². The predicted molar refractivity (Wildman–Crippen MR) is 109 cm³/mol. The van der Waals surface area contributed by atoms with Crippen LogP contribution in [0.2, 0.25) is 0 Å². The van der Waals surface area contributed by atoms with Gasteiger partial charge in [0, 0.05) is 26.1 Å². The van der Waals surface area contributed by atoms with E-state index >= 15 is 0 Å². The van der Waals surface area contributed by atoms with Crippen LogP contribution in [-0.4, -0.2) is 50.7 Å². The number of ether oxygens (including phenoxy) is 2. The first-order valence-corrected chi connectivity index (χ1v) is 11.8. The molecule has 0 radical (unpaired) electrons. The van der Waals surface area contributed by atoms with Gasteiger partial charge in [0.25, 0.3) is 0 Å². The molecular weight excluding hydrogens is 451 g/mol. The first-order chi connectivity index (χ1) is 15.1. The van der Waals surface area contributed by atoms with E-state index in [2.05, 4.69) is 4.18 Å². The zero-order valence-electron chi connectivity index (χ0n) is 17.4. The molecule has 1 unspecified atom stereocenters. The van der Waals surface area contributed by atoms with Crippen LogP contribution >= 0.6 is 0 Å². The lowest BCUT2D eigenvalue weighted by Crippen LogP contribution is -2.40. The molecule has 1 aliphatic heterocycles. The lowest BCUT2D eigenvalue weighted by atomic mass is 9.97. The fourth-order valence-electron chi connectivity index (χ4n) is 3.57. The maximum absolute atomic E-state index is 12.4. The third-order valence-electron chi connectivity index (χ3n) is 5.47. The van der Waals surface area contributed by atoms with Crippen molar-refractivity contribution in [3.05, 3.63) is 47.7 Å². The molecule has 0 N–H and O–H groups in total. The van der Waals surface area contributed by atoms with Crippen molar-refractivity contribution in [2.24, 2.45) is 5.92 Å². The summed E-state index contributed by atoms with van der Waals surface area (Å²) in [5.41, 5.74) is -4.51. The van der Waals surface area contributed by atoms with Gasteiger partial charge in [0.1, 0.15) is 12.4 Å². The van der Waals surface area contributed by atoms with Crippen LogP contribution in [0.3, 0.4) is 0 Å². The van der Waals surface area contributed by atoms with Gasteiger partial charge in [0.05, 0.1) is 6.10 Å². The summed E-state index contributed by atoms with van der Waals surface area (Å²) < 4.78 is 74.7. The van der Waals surface area contributed by atoms with Crippen molar-refractivity contribution in [3.63, 3.8) is 0 Å². The van der Waals surface area contributed by atoms with Crippen LogP contribution in [0, 0.1) is 5.92 Å². The van der Waals surface area contributed by atoms with Gasteiger partial charge < -0.3 is 18.6 Å². The molecule has 32 heavy (non-hydrogen) atoms. The highest BCUT2D eigenvalue weighted by molar-refractivity contribution is 7.87. The monoisotopic (exact) mass is 477 g/mol. The Balaban J connectivity index is 1.34. The fourth-order valence-corrected chi connectivity index (χ4v) is 4.09. The lowest BCUT2D eigenvalue weighted by Gasteiger charge is -2.32. The second-order valence-electron chi connectivity index (χ2n) is 7.85. The van der Waals surface area contributed by atoms with Crippen LogP contribution < -0.4 is 0 Å². The number of benzene rings is 1. The second kappa shape index (κ2) is 10.6. The Morgan fingerprint density at radius 1 is 1.09 bits per heavy atom. The van der Waals surface area contributed by atoms with Gasteiger partial charge in [0.2, 0.25) is 0 Å². The van der Waals surface area contributed by atoms with Crippen molar-refractivity contribution in [1.29, 1.82) is 0 Å². The lowest BCUT2D eigenvalue weighted by molar-refractivity contribution is -0.0527. The molecule has 1 fully saturated rings. The summed E-state index contributed by atoms with van der Waals surface area (Å²) in [5.74, 6) is 0.0601. The van der Waals surface area contributed by atoms with Crippen molar-refractivity contribution in [2.45, 2.75) is 50.3 Å². The van der Waals surface area contributed by atoms with E-state index in [0.717, 1.165) is 18.4 Å². The highest BCUT2D eigenvalue weighted by atomic mass is 32.2. The van der Waals surface area contributed by atoms with Crippen molar-refractivity contribution < 1.29 is 40.0 Å². The van der Waals surface area contributed by atoms with Gasteiger partial charge in [-0.15, -0.1) is 0 Å². The van der Waals surface area contributed by atoms with Gasteiger partial charge in [-0.05, 0) is 43.2 Å². The Morgan fingerprint density at radius 3 is 2.38 bits per heavy atom. The van der Waals surface area contributed by atoms with Crippen LogP contribution in [0.5, 0.6) is 0 Å². The molecular formula is C21H26F3NO6S. The third kappa shape index (κ3) is 6.86. The normalized spacial score (nSPS) is 20.5. The van der Waals surface area contributed by atoms with Gasteiger partial charge in [-0.3, -0.25) is 0 Å². The average molecular weight is 478 g/mol. The number of piperidine rings is 1. The van der Waals surface area contributed by atoms with E-state index < -0.39 is 15.6 Å². The van der Waals surface area contributed by atoms with E-state index in [-0.39, 0.29) is 43.3 Å². The molecule has 1 heterocycles. The quantitative estimate of drug-likeness (QED) is 0.429. The molecule has 3 rings (SSSR count). The standard InChI is InChI=1S/C21H26F3NO6S/c22-21(23,24)32(27,28)31-19-8-6-18(7-9-19)29-14-17-10-12-25(13-11-17)20(26)30-15-16-4-2-1-3-5-16/h1-5,8,17-18H,6-7,9-15H2. The highest BCUT2D eigenvalue weighted by Gasteiger charge is 2.49. The molecule has 1 aliphatic carbocycles. The highest BCUT2D eigenvalue weighted by Crippen LogP contribution is 2.30. The summed E-state index contributed by atoms with van der Waals surface area (Å²) in [7, 11) is -5.63. The molecule has 2 aliphatic rings. The summed E-state index contributed by atoms with van der Waals surface area (Å²) in [6, 6.07) is 9.44. The van der Waals surface area contributed by atoms with Gasteiger partial charge in [0.15, 0.2) is 0 Å². The topological polar surface area (TPSA) is 82.1 Å². The van der Waals surface area contributed by atoms with E-state index in [4.69, 9.17) is 9.47 Å². The molecule has 0 saturated carbocycles. The summed E-state index contributed by atoms with van der Waals surface area (Å²) in [5, 5.41) is 0. The Kier molecular flexibility index (Phi) is 8.05. The van der Waals surface area contributed by atoms with Crippen molar-refractivity contribution in [3.8, 4) is 0 Å². The van der Waals surface area contributed by atoms with Gasteiger partial charge in [-0.1, -0.05) is 30.3 Å². The SMILES string of the molecule is O=C(OCc1ccccc1)N1CCC(COC2CC=C(OS(=O)(=O)C(F)(F)F)CC2)CC1. The van der Waals surface area contributed by atoms with Crippen LogP contribution in [0.1, 0.15) is 37.7 Å². The molecule has 7 nitrogen and oxygen atoms in total. The summed E-state index contributed by atoms with van der Waals surface area (Å²) in [4.78, 5) is 13.9. The summed E-state index contributed by atoms with van der Waals surface area (Å²) in [6.07, 6.45) is 3.05. The first kappa shape index (κ1) is 24.4. The van der Waals surface area contributed by atoms with E-state index in [1.807, 2.05) is 30.3 Å². The number of rotatable bonds is 7. The Labute approximate surface area is 185 Å². The number of hydrogen-bond donors (Lipinski definition) is 0. The molecule has 1 amide bonds. The maximum atomic E-state index is 12.4. The zero-order chi connectivity index (χ0) is 23.2. The summed E-state index contributed by atoms with van der Waals surface area (Å²) in [6.45, 7) is 1.84. The van der Waals surface area contributed by atoms with Crippen LogP contribution in [0.4, 0.5) is 18.0 Å². The number of nitrogens with zero attached hydrogens (tertiary/aromatic N) is 1. The minimum absolute atomic E-state index is 0.0612. The zero-order valence-corrected chi connectivity index (χ0v) is 18.2. The van der Waals surface area contributed by atoms with E-state index in [1.165, 1.54) is 6.08 Å². The predicted octanol–water partition coefficient (Wildman–Crippen LogP) is 4.35. The van der Waals surface area contributed by atoms with Gasteiger partial charge in [-0.25, -0.2) is 4.79 Å². The largest absolute Gasteiger partial charge is 0.534 e. The first-order valence-electron chi connectivity index (χ1n) is 10.4. The van der Waals surface area contributed by atoms with E-state index in [0.29, 0.717) is 26.1 Å². The number of carbonyl (C=O) groups is 1. The van der Waals surface area contributed by atoms with Crippen LogP contribution in [0.15, 0.2) is 42.2 Å². The number of hydrogen-bond acceptors (Lipinski definition) is 6. The van der Waals surface area contributed by atoms with Crippen LogP contribution in [-0.2, 0) is 30.4 Å². The molecule has 1 aromatic carbocycles. The molecule has 1 atom stereocenters. The molecule has 178 valence electrons. The number of amides is 1. The van der Waals surface area contributed by atoms with E-state index in [9.17, 15) is 26.4 Å². The number of likely N-dealkylation sites (tertiary alicyclic amines) is 1. The Bertz CT molecular complexity index is 896. The average Bonchev–Trinajstić information content (AvgIpc) is 2.77. The molecule has 0 aromatic heterocycles. The fraction of sp³-hybridized carbons (Fsp3) is 0.571. The second-order valence-corrected chi connectivity index (χ2v) is 9.39.